The van der Waals surface area contributed by atoms with Crippen LogP contribution in [0.25, 0.3) is 22.2 Å². The standard InChI is InChI=1S/C25H20N4O3S2/c1-16-19(26-24(32-16)22-8-5-11-33-22)14-34-25-28-27-23(18-6-3-2-4-7-18)29(25)13-17-9-10-20-21(12-17)31-15-30-20/h2-12H,13-15H2,1H3. The van der Waals surface area contributed by atoms with Crippen molar-refractivity contribution in [2.24, 2.45) is 0 Å². The lowest BCUT2D eigenvalue weighted by Gasteiger charge is -2.11. The monoisotopic (exact) mass is 488 g/mol. The molecule has 0 bridgehead atoms. The summed E-state index contributed by atoms with van der Waals surface area (Å²) in [6.07, 6.45) is 0. The molecule has 0 unspecified atom stereocenters. The van der Waals surface area contributed by atoms with Gasteiger partial charge in [-0.15, -0.1) is 21.5 Å². The van der Waals surface area contributed by atoms with Gasteiger partial charge in [-0.3, -0.25) is 4.57 Å². The van der Waals surface area contributed by atoms with E-state index in [2.05, 4.69) is 14.8 Å². The quantitative estimate of drug-likeness (QED) is 0.259. The van der Waals surface area contributed by atoms with Crippen molar-refractivity contribution in [1.82, 2.24) is 19.7 Å². The average molecular weight is 489 g/mol. The molecular formula is C25H20N4O3S2. The molecule has 0 saturated heterocycles. The van der Waals surface area contributed by atoms with Crippen molar-refractivity contribution < 1.29 is 13.9 Å². The van der Waals surface area contributed by atoms with Crippen molar-refractivity contribution in [1.29, 1.82) is 0 Å². The van der Waals surface area contributed by atoms with Crippen LogP contribution in [0.4, 0.5) is 0 Å². The van der Waals surface area contributed by atoms with Gasteiger partial charge < -0.3 is 13.9 Å². The molecular weight excluding hydrogens is 468 g/mol. The first-order valence-corrected chi connectivity index (χ1v) is 12.6. The summed E-state index contributed by atoms with van der Waals surface area (Å²) in [7, 11) is 0. The Kier molecular flexibility index (Phi) is 5.56. The molecule has 0 atom stereocenters. The molecule has 1 aliphatic rings. The number of rotatable bonds is 7. The molecule has 0 radical (unpaired) electrons. The Hall–Kier alpha value is -3.56. The summed E-state index contributed by atoms with van der Waals surface area (Å²) < 4.78 is 19.1. The second-order valence-corrected chi connectivity index (χ2v) is 9.62. The Morgan fingerprint density at radius 2 is 1.88 bits per heavy atom. The molecule has 2 aromatic carbocycles. The number of oxazole rings is 1. The fourth-order valence-corrected chi connectivity index (χ4v) is 5.35. The molecule has 0 aliphatic carbocycles. The maximum absolute atomic E-state index is 5.91. The highest BCUT2D eigenvalue weighted by molar-refractivity contribution is 7.98. The third-order valence-electron chi connectivity index (χ3n) is 5.49. The number of nitrogens with zero attached hydrogens (tertiary/aromatic N) is 4. The van der Waals surface area contributed by atoms with Crippen LogP contribution < -0.4 is 9.47 Å². The molecule has 170 valence electrons. The summed E-state index contributed by atoms with van der Waals surface area (Å²) in [6, 6.07) is 20.1. The molecule has 5 aromatic rings. The van der Waals surface area contributed by atoms with Gasteiger partial charge in [-0.25, -0.2) is 4.98 Å². The minimum absolute atomic E-state index is 0.256. The highest BCUT2D eigenvalue weighted by Crippen LogP contribution is 2.34. The molecule has 0 saturated carbocycles. The van der Waals surface area contributed by atoms with Gasteiger partial charge in [0.15, 0.2) is 22.5 Å². The lowest BCUT2D eigenvalue weighted by Crippen LogP contribution is -2.04. The molecule has 0 fully saturated rings. The maximum atomic E-state index is 5.91. The van der Waals surface area contributed by atoms with E-state index in [-0.39, 0.29) is 6.79 Å². The van der Waals surface area contributed by atoms with Crippen LogP contribution in [0.5, 0.6) is 11.5 Å². The molecule has 34 heavy (non-hydrogen) atoms. The van der Waals surface area contributed by atoms with Crippen LogP contribution in [0, 0.1) is 6.92 Å². The van der Waals surface area contributed by atoms with E-state index in [1.54, 1.807) is 23.1 Å². The highest BCUT2D eigenvalue weighted by atomic mass is 32.2. The number of thiophene rings is 1. The van der Waals surface area contributed by atoms with Gasteiger partial charge in [0.05, 0.1) is 17.1 Å². The number of benzene rings is 2. The Labute approximate surface area is 204 Å². The van der Waals surface area contributed by atoms with E-state index < -0.39 is 0 Å². The zero-order chi connectivity index (χ0) is 22.9. The number of aromatic nitrogens is 4. The van der Waals surface area contributed by atoms with Gasteiger partial charge >= 0.3 is 0 Å². The van der Waals surface area contributed by atoms with E-state index >= 15 is 0 Å². The van der Waals surface area contributed by atoms with Gasteiger partial charge in [0, 0.05) is 11.3 Å². The van der Waals surface area contributed by atoms with Crippen molar-refractivity contribution in [3.05, 3.63) is 83.1 Å². The molecule has 0 N–H and O–H groups in total. The summed E-state index contributed by atoms with van der Waals surface area (Å²) in [5.74, 6) is 4.47. The van der Waals surface area contributed by atoms with Gasteiger partial charge in [0.1, 0.15) is 5.76 Å². The third-order valence-corrected chi connectivity index (χ3v) is 7.32. The van der Waals surface area contributed by atoms with Crippen LogP contribution >= 0.6 is 23.1 Å². The van der Waals surface area contributed by atoms with E-state index in [4.69, 9.17) is 18.9 Å². The normalized spacial score (nSPS) is 12.4. The number of ether oxygens (including phenoxy) is 2. The number of hydrogen-bond donors (Lipinski definition) is 0. The fourth-order valence-electron chi connectivity index (χ4n) is 3.76. The summed E-state index contributed by atoms with van der Waals surface area (Å²) in [6.45, 7) is 2.81. The van der Waals surface area contributed by atoms with Gasteiger partial charge in [-0.1, -0.05) is 54.2 Å². The summed E-state index contributed by atoms with van der Waals surface area (Å²) >= 11 is 3.22. The highest BCUT2D eigenvalue weighted by Gasteiger charge is 2.19. The Morgan fingerprint density at radius 1 is 1.00 bits per heavy atom. The number of thioether (sulfide) groups is 1. The smallest absolute Gasteiger partial charge is 0.236 e. The molecule has 1 aliphatic heterocycles. The van der Waals surface area contributed by atoms with Crippen molar-refractivity contribution in [3.8, 4) is 33.7 Å². The van der Waals surface area contributed by atoms with E-state index in [0.717, 1.165) is 49.9 Å². The molecule has 9 heteroatoms. The number of aryl methyl sites for hydroxylation is 1. The molecule has 6 rings (SSSR count). The van der Waals surface area contributed by atoms with Crippen LogP contribution in [0.3, 0.4) is 0 Å². The first kappa shape index (κ1) is 21.0. The predicted octanol–water partition coefficient (Wildman–Crippen LogP) is 6.04. The lowest BCUT2D eigenvalue weighted by molar-refractivity contribution is 0.174. The van der Waals surface area contributed by atoms with Crippen molar-refractivity contribution >= 4 is 23.1 Å². The predicted molar refractivity (Wildman–Crippen MR) is 131 cm³/mol. The van der Waals surface area contributed by atoms with Crippen molar-refractivity contribution in [2.45, 2.75) is 24.4 Å². The van der Waals surface area contributed by atoms with E-state index in [9.17, 15) is 0 Å². The summed E-state index contributed by atoms with van der Waals surface area (Å²) in [5.41, 5.74) is 3.01. The average Bonchev–Trinajstić information content (AvgIpc) is 3.66. The minimum atomic E-state index is 0.256. The molecule has 0 spiro atoms. The minimum Gasteiger partial charge on any atom is -0.454 e. The van der Waals surface area contributed by atoms with Crippen LogP contribution in [-0.4, -0.2) is 26.5 Å². The summed E-state index contributed by atoms with van der Waals surface area (Å²) in [4.78, 5) is 5.75. The van der Waals surface area contributed by atoms with Gasteiger partial charge in [0.2, 0.25) is 12.7 Å². The third kappa shape index (κ3) is 4.08. The maximum Gasteiger partial charge on any atom is 0.236 e. The Bertz CT molecular complexity index is 1430. The second-order valence-electron chi connectivity index (χ2n) is 7.73. The van der Waals surface area contributed by atoms with E-state index in [1.807, 2.05) is 73.0 Å². The fraction of sp³-hybridized carbons (Fsp3) is 0.160. The molecule has 3 aromatic heterocycles. The second kappa shape index (κ2) is 9.00. The molecule has 7 nitrogen and oxygen atoms in total. The summed E-state index contributed by atoms with van der Waals surface area (Å²) in [5, 5.41) is 11.9. The molecule has 4 heterocycles. The van der Waals surface area contributed by atoms with E-state index in [0.29, 0.717) is 18.2 Å². The lowest BCUT2D eigenvalue weighted by atomic mass is 10.2. The Morgan fingerprint density at radius 3 is 2.74 bits per heavy atom. The van der Waals surface area contributed by atoms with Gasteiger partial charge in [0.25, 0.3) is 0 Å². The van der Waals surface area contributed by atoms with Crippen molar-refractivity contribution in [2.75, 3.05) is 6.79 Å². The Balaban J connectivity index is 1.30. The first-order chi connectivity index (χ1) is 16.7. The largest absolute Gasteiger partial charge is 0.454 e. The first-order valence-electron chi connectivity index (χ1n) is 10.7. The SMILES string of the molecule is Cc1oc(-c2cccs2)nc1CSc1nnc(-c2ccccc2)n1Cc1ccc2c(c1)OCO2. The van der Waals surface area contributed by atoms with Crippen LogP contribution in [0.2, 0.25) is 0 Å². The van der Waals surface area contributed by atoms with Gasteiger partial charge in [-0.05, 0) is 36.1 Å². The van der Waals surface area contributed by atoms with Gasteiger partial charge in [-0.2, -0.15) is 0 Å². The topological polar surface area (TPSA) is 75.2 Å². The number of fused-ring (bicyclic) bond motifs is 1. The zero-order valence-corrected chi connectivity index (χ0v) is 19.9. The van der Waals surface area contributed by atoms with Crippen LogP contribution in [0.15, 0.2) is 75.6 Å². The molecule has 0 amide bonds. The van der Waals surface area contributed by atoms with Crippen LogP contribution in [0.1, 0.15) is 17.0 Å². The van der Waals surface area contributed by atoms with Crippen LogP contribution in [-0.2, 0) is 12.3 Å². The zero-order valence-electron chi connectivity index (χ0n) is 18.3. The van der Waals surface area contributed by atoms with E-state index in [1.165, 1.54) is 0 Å². The number of hydrogen-bond acceptors (Lipinski definition) is 8. The van der Waals surface area contributed by atoms with Crippen molar-refractivity contribution in [3.63, 3.8) is 0 Å².